The Morgan fingerprint density at radius 3 is 2.72 bits per heavy atom. The van der Waals surface area contributed by atoms with Gasteiger partial charge in [-0.05, 0) is 26.0 Å². The molecule has 0 aliphatic carbocycles. The zero-order chi connectivity index (χ0) is 17.7. The monoisotopic (exact) mass is 367 g/mol. The average Bonchev–Trinajstić information content (AvgIpc) is 3.25. The molecule has 8 heteroatoms. The second kappa shape index (κ2) is 8.42. The number of thioether (sulfide) groups is 1. The van der Waals surface area contributed by atoms with E-state index in [9.17, 15) is 0 Å². The first-order valence-electron chi connectivity index (χ1n) is 8.91. The number of aliphatic imine (C=N–C) groups is 1. The molecule has 0 amide bonds. The highest BCUT2D eigenvalue weighted by molar-refractivity contribution is 7.99. The minimum Gasteiger partial charge on any atom is -0.379 e. The number of aromatic nitrogens is 1. The second-order valence-corrected chi connectivity index (χ2v) is 7.81. The smallest absolute Gasteiger partial charge is 0.191 e. The fraction of sp³-hybridized carbons (Fsp3) is 0.765. The standard InChI is InChI=1S/C17H29N5O2S/c1-13-15(14(2)24-21-13)10-19-16(18-3)20-11-17(4-9-25-12-17)22-5-7-23-8-6-22/h4-12H2,1-3H3,(H2,18,19,20). The Balaban J connectivity index is 1.57. The van der Waals surface area contributed by atoms with E-state index in [0.717, 1.165) is 55.8 Å². The van der Waals surface area contributed by atoms with Crippen LogP contribution in [-0.4, -0.2) is 73.0 Å². The van der Waals surface area contributed by atoms with E-state index in [-0.39, 0.29) is 5.54 Å². The van der Waals surface area contributed by atoms with Gasteiger partial charge >= 0.3 is 0 Å². The molecule has 1 aromatic rings. The van der Waals surface area contributed by atoms with Crippen LogP contribution in [0.1, 0.15) is 23.4 Å². The number of aryl methyl sites for hydroxylation is 2. The van der Waals surface area contributed by atoms with E-state index in [2.05, 4.69) is 25.7 Å². The van der Waals surface area contributed by atoms with E-state index in [1.54, 1.807) is 0 Å². The third kappa shape index (κ3) is 4.30. The average molecular weight is 368 g/mol. The zero-order valence-electron chi connectivity index (χ0n) is 15.4. The van der Waals surface area contributed by atoms with Gasteiger partial charge in [0.25, 0.3) is 0 Å². The van der Waals surface area contributed by atoms with E-state index >= 15 is 0 Å². The molecule has 0 saturated carbocycles. The summed E-state index contributed by atoms with van der Waals surface area (Å²) in [6.07, 6.45) is 1.21. The normalized spacial score (nSPS) is 25.3. The van der Waals surface area contributed by atoms with Gasteiger partial charge in [0.2, 0.25) is 0 Å². The Morgan fingerprint density at radius 2 is 2.12 bits per heavy atom. The summed E-state index contributed by atoms with van der Waals surface area (Å²) in [4.78, 5) is 6.98. The molecular formula is C17H29N5O2S. The predicted octanol–water partition coefficient (Wildman–Crippen LogP) is 1.16. The molecule has 0 aromatic carbocycles. The third-order valence-electron chi connectivity index (χ3n) is 5.19. The molecular weight excluding hydrogens is 338 g/mol. The van der Waals surface area contributed by atoms with Crippen molar-refractivity contribution in [3.63, 3.8) is 0 Å². The number of guanidine groups is 1. The molecule has 1 atom stereocenters. The number of hydrogen-bond donors (Lipinski definition) is 2. The summed E-state index contributed by atoms with van der Waals surface area (Å²) in [6, 6.07) is 0. The minimum atomic E-state index is 0.203. The fourth-order valence-corrected chi connectivity index (χ4v) is 5.01. The highest BCUT2D eigenvalue weighted by atomic mass is 32.2. The lowest BCUT2D eigenvalue weighted by Crippen LogP contribution is -2.60. The van der Waals surface area contributed by atoms with Gasteiger partial charge in [-0.25, -0.2) is 0 Å². The van der Waals surface area contributed by atoms with Crippen molar-refractivity contribution >= 4 is 17.7 Å². The van der Waals surface area contributed by atoms with Crippen LogP contribution in [0.25, 0.3) is 0 Å². The molecule has 25 heavy (non-hydrogen) atoms. The van der Waals surface area contributed by atoms with Crippen LogP contribution in [0.4, 0.5) is 0 Å². The van der Waals surface area contributed by atoms with Crippen LogP contribution in [0.2, 0.25) is 0 Å². The van der Waals surface area contributed by atoms with Crippen molar-refractivity contribution in [3.8, 4) is 0 Å². The van der Waals surface area contributed by atoms with Crippen molar-refractivity contribution in [2.45, 2.75) is 32.4 Å². The summed E-state index contributed by atoms with van der Waals surface area (Å²) in [5, 5.41) is 10.9. The molecule has 1 aromatic heterocycles. The maximum absolute atomic E-state index is 5.53. The van der Waals surface area contributed by atoms with E-state index in [4.69, 9.17) is 9.26 Å². The van der Waals surface area contributed by atoms with Crippen LogP contribution < -0.4 is 10.6 Å². The fourth-order valence-electron chi connectivity index (χ4n) is 3.53. The van der Waals surface area contributed by atoms with Crippen LogP contribution in [0.15, 0.2) is 9.52 Å². The number of morpholine rings is 1. The van der Waals surface area contributed by atoms with Crippen LogP contribution in [0.3, 0.4) is 0 Å². The van der Waals surface area contributed by atoms with Crippen molar-refractivity contribution < 1.29 is 9.26 Å². The largest absolute Gasteiger partial charge is 0.379 e. The summed E-state index contributed by atoms with van der Waals surface area (Å²) < 4.78 is 10.8. The quantitative estimate of drug-likeness (QED) is 0.598. The zero-order valence-corrected chi connectivity index (χ0v) is 16.2. The van der Waals surface area contributed by atoms with E-state index < -0.39 is 0 Å². The molecule has 0 radical (unpaired) electrons. The SMILES string of the molecule is CN=C(NCc1c(C)noc1C)NCC1(N2CCOCC2)CCSC1. The second-order valence-electron chi connectivity index (χ2n) is 6.71. The lowest BCUT2D eigenvalue weighted by atomic mass is 9.95. The number of ether oxygens (including phenoxy) is 1. The lowest BCUT2D eigenvalue weighted by Gasteiger charge is -2.43. The summed E-state index contributed by atoms with van der Waals surface area (Å²) in [6.45, 7) is 9.20. The highest BCUT2D eigenvalue weighted by Crippen LogP contribution is 2.33. The molecule has 3 rings (SSSR count). The van der Waals surface area contributed by atoms with E-state index in [1.165, 1.54) is 17.9 Å². The van der Waals surface area contributed by atoms with Crippen molar-refractivity contribution in [2.24, 2.45) is 4.99 Å². The molecule has 2 aliphatic rings. The van der Waals surface area contributed by atoms with E-state index in [1.807, 2.05) is 32.7 Å². The van der Waals surface area contributed by atoms with Gasteiger partial charge in [0.15, 0.2) is 5.96 Å². The predicted molar refractivity (Wildman–Crippen MR) is 101 cm³/mol. The summed E-state index contributed by atoms with van der Waals surface area (Å²) >= 11 is 2.05. The third-order valence-corrected chi connectivity index (χ3v) is 6.42. The maximum atomic E-state index is 5.53. The Hall–Kier alpha value is -1.25. The number of nitrogens with zero attached hydrogens (tertiary/aromatic N) is 3. The molecule has 0 bridgehead atoms. The Morgan fingerprint density at radius 1 is 1.32 bits per heavy atom. The summed E-state index contributed by atoms with van der Waals surface area (Å²) in [7, 11) is 1.81. The number of hydrogen-bond acceptors (Lipinski definition) is 6. The van der Waals surface area contributed by atoms with Crippen molar-refractivity contribution in [3.05, 3.63) is 17.0 Å². The van der Waals surface area contributed by atoms with Crippen LogP contribution in [0.5, 0.6) is 0 Å². The van der Waals surface area contributed by atoms with Crippen molar-refractivity contribution in [2.75, 3.05) is 51.4 Å². The maximum Gasteiger partial charge on any atom is 0.191 e. The van der Waals surface area contributed by atoms with Gasteiger partial charge in [0.05, 0.1) is 18.9 Å². The highest BCUT2D eigenvalue weighted by Gasteiger charge is 2.40. The van der Waals surface area contributed by atoms with E-state index in [0.29, 0.717) is 6.54 Å². The van der Waals surface area contributed by atoms with Crippen LogP contribution in [-0.2, 0) is 11.3 Å². The van der Waals surface area contributed by atoms with Gasteiger partial charge in [-0.1, -0.05) is 5.16 Å². The Bertz CT molecular complexity index is 572. The van der Waals surface area contributed by atoms with Crippen molar-refractivity contribution in [1.29, 1.82) is 0 Å². The molecule has 2 fully saturated rings. The van der Waals surface area contributed by atoms with Gasteiger partial charge < -0.3 is 19.9 Å². The number of rotatable bonds is 5. The Labute approximate surface area is 153 Å². The summed E-state index contributed by atoms with van der Waals surface area (Å²) in [5.41, 5.74) is 2.23. The molecule has 3 heterocycles. The first-order valence-corrected chi connectivity index (χ1v) is 10.1. The first-order chi connectivity index (χ1) is 12.1. The van der Waals surface area contributed by atoms with Crippen LogP contribution >= 0.6 is 11.8 Å². The lowest BCUT2D eigenvalue weighted by molar-refractivity contribution is -0.0120. The van der Waals surface area contributed by atoms with Gasteiger partial charge in [0, 0.05) is 50.1 Å². The molecule has 7 nitrogen and oxygen atoms in total. The van der Waals surface area contributed by atoms with Gasteiger partial charge in [-0.15, -0.1) is 0 Å². The minimum absolute atomic E-state index is 0.203. The van der Waals surface area contributed by atoms with Gasteiger partial charge in [-0.2, -0.15) is 11.8 Å². The molecule has 1 unspecified atom stereocenters. The Kier molecular flexibility index (Phi) is 6.24. The first kappa shape index (κ1) is 18.5. The molecule has 0 spiro atoms. The molecule has 2 saturated heterocycles. The van der Waals surface area contributed by atoms with Gasteiger partial charge in [-0.3, -0.25) is 9.89 Å². The molecule has 2 aliphatic heterocycles. The van der Waals surface area contributed by atoms with Crippen LogP contribution in [0, 0.1) is 13.8 Å². The van der Waals surface area contributed by atoms with Crippen molar-refractivity contribution in [1.82, 2.24) is 20.7 Å². The summed E-state index contributed by atoms with van der Waals surface area (Å²) in [5.74, 6) is 4.08. The topological polar surface area (TPSA) is 74.9 Å². The molecule has 2 N–H and O–H groups in total. The number of nitrogens with one attached hydrogen (secondary N) is 2. The van der Waals surface area contributed by atoms with Gasteiger partial charge in [0.1, 0.15) is 5.76 Å². The molecule has 140 valence electrons.